The Morgan fingerprint density at radius 3 is 2.09 bits per heavy atom. The Morgan fingerprint density at radius 2 is 1.35 bits per heavy atom. The van der Waals surface area contributed by atoms with Crippen molar-refractivity contribution < 1.29 is 5.21 Å². The molecule has 3 rings (SSSR count). The van der Waals surface area contributed by atoms with Crippen LogP contribution in [0.25, 0.3) is 11.1 Å². The van der Waals surface area contributed by atoms with Gasteiger partial charge < -0.3 is 5.21 Å². The molecule has 0 bridgehead atoms. The lowest BCUT2D eigenvalue weighted by Gasteiger charge is -2.01. The third-order valence-electron chi connectivity index (χ3n) is 3.49. The van der Waals surface area contributed by atoms with Crippen LogP contribution in [0.15, 0.2) is 84.0 Å². The van der Waals surface area contributed by atoms with Crippen molar-refractivity contribution in [2.75, 3.05) is 0 Å². The van der Waals surface area contributed by atoms with Crippen LogP contribution in [0.2, 0.25) is 0 Å². The first kappa shape index (κ1) is 14.6. The van der Waals surface area contributed by atoms with Gasteiger partial charge in [-0.05, 0) is 29.3 Å². The average molecular weight is 297 g/mol. The maximum Gasteiger partial charge on any atom is 0.0746 e. The summed E-state index contributed by atoms with van der Waals surface area (Å²) < 4.78 is 0. The second-order valence-corrected chi connectivity index (χ2v) is 5.03. The second kappa shape index (κ2) is 7.11. The monoisotopic (exact) mass is 297 g/mol. The topological polar surface area (TPSA) is 32.6 Å². The lowest BCUT2D eigenvalue weighted by Crippen LogP contribution is -1.87. The SMILES string of the molecule is O/N=C/c1ccccc1C#Cc1ccc(-c2ccccc2)cc1. The Labute approximate surface area is 135 Å². The smallest absolute Gasteiger partial charge is 0.0746 e. The highest BCUT2D eigenvalue weighted by atomic mass is 16.4. The minimum atomic E-state index is 0.795. The van der Waals surface area contributed by atoms with E-state index in [1.54, 1.807) is 0 Å². The molecule has 0 aromatic heterocycles. The molecule has 0 saturated carbocycles. The molecular formula is C21H15NO. The zero-order chi connectivity index (χ0) is 15.9. The van der Waals surface area contributed by atoms with Gasteiger partial charge in [-0.1, -0.05) is 77.7 Å². The molecule has 0 unspecified atom stereocenters. The van der Waals surface area contributed by atoms with Crippen molar-refractivity contribution in [3.63, 3.8) is 0 Å². The predicted octanol–water partition coefficient (Wildman–Crippen LogP) is 4.56. The molecule has 0 atom stereocenters. The normalized spacial score (nSPS) is 10.3. The van der Waals surface area contributed by atoms with E-state index in [1.165, 1.54) is 17.3 Å². The van der Waals surface area contributed by atoms with Crippen LogP contribution in [0, 0.1) is 11.8 Å². The van der Waals surface area contributed by atoms with Gasteiger partial charge in [0.25, 0.3) is 0 Å². The van der Waals surface area contributed by atoms with Gasteiger partial charge in [0, 0.05) is 16.7 Å². The highest BCUT2D eigenvalue weighted by Gasteiger charge is 1.97. The first-order valence-corrected chi connectivity index (χ1v) is 7.31. The Bertz CT molecular complexity index is 869. The predicted molar refractivity (Wildman–Crippen MR) is 93.7 cm³/mol. The molecule has 0 aliphatic carbocycles. The van der Waals surface area contributed by atoms with Gasteiger partial charge in [-0.3, -0.25) is 0 Å². The Balaban J connectivity index is 1.85. The third kappa shape index (κ3) is 3.66. The van der Waals surface area contributed by atoms with E-state index in [1.807, 2.05) is 54.6 Å². The zero-order valence-corrected chi connectivity index (χ0v) is 12.5. The van der Waals surface area contributed by atoms with Crippen molar-refractivity contribution >= 4 is 6.21 Å². The highest BCUT2D eigenvalue weighted by Crippen LogP contribution is 2.19. The Kier molecular flexibility index (Phi) is 4.52. The number of rotatable bonds is 2. The van der Waals surface area contributed by atoms with Crippen LogP contribution >= 0.6 is 0 Å². The van der Waals surface area contributed by atoms with Gasteiger partial charge in [-0.15, -0.1) is 0 Å². The van der Waals surface area contributed by atoms with Crippen LogP contribution in [-0.4, -0.2) is 11.4 Å². The summed E-state index contributed by atoms with van der Waals surface area (Å²) in [6, 6.07) is 26.0. The summed E-state index contributed by atoms with van der Waals surface area (Å²) in [5.41, 5.74) is 4.93. The minimum Gasteiger partial charge on any atom is -0.411 e. The van der Waals surface area contributed by atoms with Crippen LogP contribution in [0.3, 0.4) is 0 Å². The fourth-order valence-electron chi connectivity index (χ4n) is 2.30. The molecule has 0 amide bonds. The third-order valence-corrected chi connectivity index (χ3v) is 3.49. The van der Waals surface area contributed by atoms with E-state index < -0.39 is 0 Å². The van der Waals surface area contributed by atoms with Gasteiger partial charge in [-0.25, -0.2) is 0 Å². The zero-order valence-electron chi connectivity index (χ0n) is 12.5. The van der Waals surface area contributed by atoms with Crippen molar-refractivity contribution in [1.29, 1.82) is 0 Å². The molecule has 2 nitrogen and oxygen atoms in total. The maximum absolute atomic E-state index is 8.69. The van der Waals surface area contributed by atoms with Gasteiger partial charge >= 0.3 is 0 Å². The first-order valence-electron chi connectivity index (χ1n) is 7.31. The average Bonchev–Trinajstić information content (AvgIpc) is 2.62. The molecule has 3 aromatic rings. The lowest BCUT2D eigenvalue weighted by molar-refractivity contribution is 0.322. The largest absolute Gasteiger partial charge is 0.411 e. The Hall–Kier alpha value is -3.31. The van der Waals surface area contributed by atoms with E-state index in [0.717, 1.165) is 16.7 Å². The molecule has 110 valence electrons. The minimum absolute atomic E-state index is 0.795. The molecule has 0 aliphatic rings. The van der Waals surface area contributed by atoms with Crippen molar-refractivity contribution in [3.8, 4) is 23.0 Å². The van der Waals surface area contributed by atoms with Gasteiger partial charge in [0.1, 0.15) is 0 Å². The van der Waals surface area contributed by atoms with E-state index >= 15 is 0 Å². The number of hydrogen-bond donors (Lipinski definition) is 1. The molecule has 23 heavy (non-hydrogen) atoms. The summed E-state index contributed by atoms with van der Waals surface area (Å²) in [5.74, 6) is 6.27. The Morgan fingerprint density at radius 1 is 0.696 bits per heavy atom. The molecule has 0 heterocycles. The van der Waals surface area contributed by atoms with E-state index in [-0.39, 0.29) is 0 Å². The number of oxime groups is 1. The maximum atomic E-state index is 8.69. The molecular weight excluding hydrogens is 282 g/mol. The number of hydrogen-bond acceptors (Lipinski definition) is 2. The van der Waals surface area contributed by atoms with Gasteiger partial charge in [0.05, 0.1) is 6.21 Å². The molecule has 0 saturated heterocycles. The van der Waals surface area contributed by atoms with E-state index in [4.69, 9.17) is 5.21 Å². The van der Waals surface area contributed by atoms with Gasteiger partial charge in [0.2, 0.25) is 0 Å². The van der Waals surface area contributed by atoms with Crippen molar-refractivity contribution in [3.05, 3.63) is 95.6 Å². The molecule has 3 aromatic carbocycles. The number of benzene rings is 3. The highest BCUT2D eigenvalue weighted by molar-refractivity contribution is 5.83. The van der Waals surface area contributed by atoms with Gasteiger partial charge in [0.15, 0.2) is 0 Å². The van der Waals surface area contributed by atoms with Gasteiger partial charge in [-0.2, -0.15) is 0 Å². The van der Waals surface area contributed by atoms with Crippen LogP contribution < -0.4 is 0 Å². The summed E-state index contributed by atoms with van der Waals surface area (Å²) >= 11 is 0. The summed E-state index contributed by atoms with van der Waals surface area (Å²) in [7, 11) is 0. The van der Waals surface area contributed by atoms with E-state index in [9.17, 15) is 0 Å². The molecule has 0 spiro atoms. The van der Waals surface area contributed by atoms with Crippen molar-refractivity contribution in [1.82, 2.24) is 0 Å². The van der Waals surface area contributed by atoms with Crippen molar-refractivity contribution in [2.24, 2.45) is 5.16 Å². The molecule has 0 aliphatic heterocycles. The molecule has 0 radical (unpaired) electrons. The summed E-state index contributed by atoms with van der Waals surface area (Å²) in [6.45, 7) is 0. The summed E-state index contributed by atoms with van der Waals surface area (Å²) in [4.78, 5) is 0. The van der Waals surface area contributed by atoms with Crippen LogP contribution in [0.4, 0.5) is 0 Å². The van der Waals surface area contributed by atoms with E-state index in [0.29, 0.717) is 0 Å². The molecule has 2 heteroatoms. The molecule has 0 fully saturated rings. The summed E-state index contributed by atoms with van der Waals surface area (Å²) in [5, 5.41) is 11.8. The molecule has 1 N–H and O–H groups in total. The summed E-state index contributed by atoms with van der Waals surface area (Å²) in [6.07, 6.45) is 1.39. The second-order valence-electron chi connectivity index (χ2n) is 5.03. The number of nitrogens with zero attached hydrogens (tertiary/aromatic N) is 1. The van der Waals surface area contributed by atoms with E-state index in [2.05, 4.69) is 41.3 Å². The fourth-order valence-corrected chi connectivity index (χ4v) is 2.30. The van der Waals surface area contributed by atoms with Crippen molar-refractivity contribution in [2.45, 2.75) is 0 Å². The van der Waals surface area contributed by atoms with Crippen LogP contribution in [-0.2, 0) is 0 Å². The van der Waals surface area contributed by atoms with Crippen LogP contribution in [0.5, 0.6) is 0 Å². The standard InChI is InChI=1S/C21H15NO/c23-22-16-21-9-5-4-8-19(21)13-10-17-11-14-20(15-12-17)18-6-2-1-3-7-18/h1-9,11-12,14-16,23H/b22-16+. The lowest BCUT2D eigenvalue weighted by atomic mass is 10.0. The quantitative estimate of drug-likeness (QED) is 0.320. The van der Waals surface area contributed by atoms with Crippen LogP contribution in [0.1, 0.15) is 16.7 Å². The fraction of sp³-hybridized carbons (Fsp3) is 0. The first-order chi connectivity index (χ1) is 11.4.